The van der Waals surface area contributed by atoms with E-state index in [9.17, 15) is 5.11 Å². The quantitative estimate of drug-likeness (QED) is 0.781. The first-order chi connectivity index (χ1) is 11.9. The van der Waals surface area contributed by atoms with Gasteiger partial charge in [-0.05, 0) is 45.2 Å². The van der Waals surface area contributed by atoms with Crippen LogP contribution in [0.1, 0.15) is 34.5 Å². The molecular formula is C20H24N4O. The maximum absolute atomic E-state index is 11.3. The number of aryl methyl sites for hydroxylation is 4. The second kappa shape index (κ2) is 5.56. The Morgan fingerprint density at radius 3 is 2.64 bits per heavy atom. The number of hydrogen-bond acceptors (Lipinski definition) is 4. The average molecular weight is 336 g/mol. The van der Waals surface area contributed by atoms with Gasteiger partial charge < -0.3 is 10.0 Å². The van der Waals surface area contributed by atoms with Gasteiger partial charge in [-0.3, -0.25) is 0 Å². The first-order valence-electron chi connectivity index (χ1n) is 8.76. The van der Waals surface area contributed by atoms with Crippen LogP contribution in [0.15, 0.2) is 30.3 Å². The van der Waals surface area contributed by atoms with E-state index in [1.165, 1.54) is 0 Å². The van der Waals surface area contributed by atoms with Gasteiger partial charge in [0.1, 0.15) is 11.4 Å². The van der Waals surface area contributed by atoms with Gasteiger partial charge in [0.05, 0.1) is 12.2 Å². The highest BCUT2D eigenvalue weighted by atomic mass is 16.3. The molecule has 0 bridgehead atoms. The minimum atomic E-state index is -0.827. The number of aliphatic hydroxyl groups is 1. The summed E-state index contributed by atoms with van der Waals surface area (Å²) in [4.78, 5) is 6.87. The molecule has 0 amide bonds. The van der Waals surface area contributed by atoms with Crippen molar-refractivity contribution in [3.05, 3.63) is 58.4 Å². The van der Waals surface area contributed by atoms with Crippen molar-refractivity contribution < 1.29 is 5.11 Å². The van der Waals surface area contributed by atoms with Gasteiger partial charge in [0.15, 0.2) is 5.65 Å². The van der Waals surface area contributed by atoms with Crippen molar-refractivity contribution in [2.75, 3.05) is 18.0 Å². The molecule has 25 heavy (non-hydrogen) atoms. The highest BCUT2D eigenvalue weighted by Gasteiger charge is 2.39. The Balaban J connectivity index is 1.77. The minimum absolute atomic E-state index is 0.564. The van der Waals surface area contributed by atoms with E-state index in [0.29, 0.717) is 13.0 Å². The van der Waals surface area contributed by atoms with Gasteiger partial charge in [0.25, 0.3) is 0 Å². The average Bonchev–Trinajstić information content (AvgIpc) is 3.10. The Labute approximate surface area is 147 Å². The van der Waals surface area contributed by atoms with Crippen molar-refractivity contribution in [2.45, 2.75) is 39.7 Å². The second-order valence-corrected chi connectivity index (χ2v) is 7.22. The van der Waals surface area contributed by atoms with Crippen molar-refractivity contribution in [3.8, 4) is 0 Å². The predicted octanol–water partition coefficient (Wildman–Crippen LogP) is 3.06. The zero-order chi connectivity index (χ0) is 17.8. The standard InChI is InChI=1S/C20H24N4O/c1-13-7-5-6-8-17(13)20(25)9-10-23(12-20)18-11-14(2)21-19-15(3)16(4)22-24(18)19/h5-8,11,25H,9-10,12H2,1-4H3/t20-/m0/s1. The summed E-state index contributed by atoms with van der Waals surface area (Å²) in [5.74, 6) is 1.00. The number of benzene rings is 1. The summed E-state index contributed by atoms with van der Waals surface area (Å²) < 4.78 is 1.92. The molecule has 0 saturated carbocycles. The predicted molar refractivity (Wildman–Crippen MR) is 99.1 cm³/mol. The molecule has 1 fully saturated rings. The van der Waals surface area contributed by atoms with Crippen molar-refractivity contribution in [3.63, 3.8) is 0 Å². The Morgan fingerprint density at radius 2 is 1.88 bits per heavy atom. The van der Waals surface area contributed by atoms with Gasteiger partial charge >= 0.3 is 0 Å². The van der Waals surface area contributed by atoms with Crippen LogP contribution in [0.25, 0.3) is 5.65 Å². The van der Waals surface area contributed by atoms with Gasteiger partial charge in [-0.1, -0.05) is 24.3 Å². The molecule has 5 heteroatoms. The van der Waals surface area contributed by atoms with Crippen LogP contribution >= 0.6 is 0 Å². The Kier molecular flexibility index (Phi) is 3.58. The van der Waals surface area contributed by atoms with Gasteiger partial charge in [-0.2, -0.15) is 9.61 Å². The van der Waals surface area contributed by atoms with E-state index in [0.717, 1.165) is 46.1 Å². The van der Waals surface area contributed by atoms with Crippen LogP contribution in [0.5, 0.6) is 0 Å². The van der Waals surface area contributed by atoms with Crippen LogP contribution in [0, 0.1) is 27.7 Å². The maximum atomic E-state index is 11.3. The molecule has 3 heterocycles. The van der Waals surface area contributed by atoms with Crippen molar-refractivity contribution in [2.24, 2.45) is 0 Å². The lowest BCUT2D eigenvalue weighted by Crippen LogP contribution is -2.32. The summed E-state index contributed by atoms with van der Waals surface area (Å²) >= 11 is 0. The fraction of sp³-hybridized carbons (Fsp3) is 0.400. The van der Waals surface area contributed by atoms with E-state index in [2.05, 4.69) is 41.0 Å². The molecule has 1 N–H and O–H groups in total. The summed E-state index contributed by atoms with van der Waals surface area (Å²) in [6.07, 6.45) is 0.708. The summed E-state index contributed by atoms with van der Waals surface area (Å²) in [6.45, 7) is 9.49. The first-order valence-corrected chi connectivity index (χ1v) is 8.76. The van der Waals surface area contributed by atoms with Crippen LogP contribution in [0.4, 0.5) is 5.82 Å². The zero-order valence-electron chi connectivity index (χ0n) is 15.2. The zero-order valence-corrected chi connectivity index (χ0v) is 15.2. The molecule has 1 aromatic carbocycles. The smallest absolute Gasteiger partial charge is 0.160 e. The molecule has 1 aliphatic rings. The molecule has 0 unspecified atom stereocenters. The third kappa shape index (κ3) is 2.50. The first kappa shape index (κ1) is 16.1. The molecule has 3 aromatic rings. The van der Waals surface area contributed by atoms with E-state index >= 15 is 0 Å². The van der Waals surface area contributed by atoms with Crippen molar-refractivity contribution >= 4 is 11.5 Å². The lowest BCUT2D eigenvalue weighted by atomic mass is 9.89. The summed E-state index contributed by atoms with van der Waals surface area (Å²) in [7, 11) is 0. The number of rotatable bonds is 2. The molecule has 1 atom stereocenters. The topological polar surface area (TPSA) is 53.7 Å². The molecule has 1 saturated heterocycles. The molecule has 5 nitrogen and oxygen atoms in total. The fourth-order valence-electron chi connectivity index (χ4n) is 3.86. The molecule has 2 aromatic heterocycles. The van der Waals surface area contributed by atoms with Gasteiger partial charge in [-0.15, -0.1) is 0 Å². The molecule has 0 aliphatic carbocycles. The summed E-state index contributed by atoms with van der Waals surface area (Å²) in [5, 5.41) is 16.0. The van der Waals surface area contributed by atoms with E-state index in [-0.39, 0.29) is 0 Å². The minimum Gasteiger partial charge on any atom is -0.383 e. The lowest BCUT2D eigenvalue weighted by Gasteiger charge is -2.26. The van der Waals surface area contributed by atoms with E-state index in [4.69, 9.17) is 0 Å². The third-order valence-corrected chi connectivity index (χ3v) is 5.38. The fourth-order valence-corrected chi connectivity index (χ4v) is 3.86. The van der Waals surface area contributed by atoms with E-state index < -0.39 is 5.60 Å². The van der Waals surface area contributed by atoms with Gasteiger partial charge in [0, 0.05) is 23.9 Å². The largest absolute Gasteiger partial charge is 0.383 e. The van der Waals surface area contributed by atoms with Gasteiger partial charge in [-0.25, -0.2) is 4.98 Å². The highest BCUT2D eigenvalue weighted by Crippen LogP contribution is 2.36. The van der Waals surface area contributed by atoms with Crippen LogP contribution in [-0.2, 0) is 5.60 Å². The number of fused-ring (bicyclic) bond motifs is 1. The van der Waals surface area contributed by atoms with E-state index in [1.54, 1.807) is 0 Å². The van der Waals surface area contributed by atoms with Gasteiger partial charge in [0.2, 0.25) is 0 Å². The maximum Gasteiger partial charge on any atom is 0.160 e. The second-order valence-electron chi connectivity index (χ2n) is 7.22. The lowest BCUT2D eigenvalue weighted by molar-refractivity contribution is 0.0599. The van der Waals surface area contributed by atoms with Crippen LogP contribution in [0.2, 0.25) is 0 Å². The monoisotopic (exact) mass is 336 g/mol. The Morgan fingerprint density at radius 1 is 1.12 bits per heavy atom. The molecule has 1 aliphatic heterocycles. The summed E-state index contributed by atoms with van der Waals surface area (Å²) in [5.41, 5.74) is 5.30. The number of anilines is 1. The highest BCUT2D eigenvalue weighted by molar-refractivity contribution is 5.57. The van der Waals surface area contributed by atoms with Crippen LogP contribution in [0.3, 0.4) is 0 Å². The summed E-state index contributed by atoms with van der Waals surface area (Å²) in [6, 6.07) is 10.2. The van der Waals surface area contributed by atoms with Crippen molar-refractivity contribution in [1.29, 1.82) is 0 Å². The number of aromatic nitrogens is 3. The Bertz CT molecular complexity index is 962. The third-order valence-electron chi connectivity index (χ3n) is 5.38. The number of β-amino-alcohol motifs (C(OH)–C–C–N with tert-alkyl or cyclic N) is 1. The van der Waals surface area contributed by atoms with Crippen LogP contribution < -0.4 is 4.90 Å². The molecule has 0 spiro atoms. The molecular weight excluding hydrogens is 312 g/mol. The normalized spacial score (nSPS) is 20.6. The number of hydrogen-bond donors (Lipinski definition) is 1. The van der Waals surface area contributed by atoms with E-state index in [1.807, 2.05) is 36.6 Å². The van der Waals surface area contributed by atoms with Crippen molar-refractivity contribution in [1.82, 2.24) is 14.6 Å². The Hall–Kier alpha value is -2.40. The van der Waals surface area contributed by atoms with Crippen LogP contribution in [-0.4, -0.2) is 32.8 Å². The molecule has 130 valence electrons. The molecule has 0 radical (unpaired) electrons. The number of nitrogens with zero attached hydrogens (tertiary/aromatic N) is 4. The SMILES string of the molecule is Cc1cc(N2CC[C@@](O)(c3ccccc3C)C2)n2nc(C)c(C)c2n1. The molecule has 4 rings (SSSR count).